The summed E-state index contributed by atoms with van der Waals surface area (Å²) in [4.78, 5) is 30.0. The normalized spacial score (nSPS) is 11.8. The van der Waals surface area contributed by atoms with E-state index in [0.717, 1.165) is 5.56 Å². The molecule has 7 nitrogen and oxygen atoms in total. The lowest BCUT2D eigenvalue weighted by Crippen LogP contribution is -2.22. The molecule has 1 aromatic rings. The third-order valence-corrected chi connectivity index (χ3v) is 2.65. The highest BCUT2D eigenvalue weighted by Gasteiger charge is 2.16. The van der Waals surface area contributed by atoms with Crippen molar-refractivity contribution in [1.82, 2.24) is 0 Å². The van der Waals surface area contributed by atoms with Gasteiger partial charge in [-0.15, -0.1) is 0 Å². The summed E-state index contributed by atoms with van der Waals surface area (Å²) in [7, 11) is 0. The number of rotatable bonds is 4. The van der Waals surface area contributed by atoms with Gasteiger partial charge in [-0.1, -0.05) is 32.9 Å². The summed E-state index contributed by atoms with van der Waals surface area (Å²) in [5, 5.41) is 32.8. The molecule has 0 aliphatic heterocycles. The lowest BCUT2D eigenvalue weighted by Gasteiger charge is -2.18. The molecule has 122 valence electrons. The van der Waals surface area contributed by atoms with E-state index in [4.69, 9.17) is 20.4 Å². The number of hydrogen-bond acceptors (Lipinski definition) is 4. The highest BCUT2D eigenvalue weighted by molar-refractivity contribution is 5.87. The molecule has 0 aliphatic rings. The maximum absolute atomic E-state index is 10.6. The van der Waals surface area contributed by atoms with Crippen LogP contribution in [0.5, 0.6) is 0 Å². The average Bonchev–Trinajstić information content (AvgIpc) is 2.37. The Hall–Kier alpha value is -2.41. The number of hydrogen-bond donors (Lipinski definition) is 4. The van der Waals surface area contributed by atoms with Gasteiger partial charge in [0.05, 0.1) is 12.0 Å². The molecule has 0 saturated carbocycles. The van der Waals surface area contributed by atoms with Gasteiger partial charge in [0, 0.05) is 0 Å². The minimum atomic E-state index is -1.79. The summed E-state index contributed by atoms with van der Waals surface area (Å²) in [5.74, 6) is -3.72. The first-order valence-corrected chi connectivity index (χ1v) is 6.41. The molecule has 0 aromatic heterocycles. The molecule has 0 bridgehead atoms. The van der Waals surface area contributed by atoms with Crippen LogP contribution in [0.1, 0.15) is 43.1 Å². The molecule has 0 aliphatic carbocycles. The Labute approximate surface area is 127 Å². The molecule has 0 saturated heterocycles. The average molecular weight is 312 g/mol. The van der Waals surface area contributed by atoms with Crippen molar-refractivity contribution in [2.75, 3.05) is 0 Å². The van der Waals surface area contributed by atoms with Crippen LogP contribution in [0.3, 0.4) is 0 Å². The number of aliphatic hydroxyl groups excluding tert-OH is 1. The predicted molar refractivity (Wildman–Crippen MR) is 78.0 cm³/mol. The van der Waals surface area contributed by atoms with E-state index in [1.165, 1.54) is 0 Å². The number of aliphatic hydroxyl groups is 1. The summed E-state index contributed by atoms with van der Waals surface area (Å²) in [6, 6.07) is 7.01. The van der Waals surface area contributed by atoms with Crippen LogP contribution < -0.4 is 0 Å². The SMILES string of the molecule is CC(C)(C)c1ccc(C(=O)O)cc1.O=C(O)CC(O)C(=O)O. The number of carbonyl (C=O) groups is 3. The second-order valence-electron chi connectivity index (χ2n) is 5.58. The third kappa shape index (κ3) is 7.39. The van der Waals surface area contributed by atoms with Gasteiger partial charge in [0.15, 0.2) is 6.10 Å². The standard InChI is InChI=1S/C11H14O2.C4H6O5/c1-11(2,3)9-6-4-8(5-7-9)10(12)13;5-2(4(8)9)1-3(6)7/h4-7H,1-3H3,(H,12,13);2,5H,1H2,(H,6,7)(H,8,9). The molecule has 7 heteroatoms. The Morgan fingerprint density at radius 1 is 1.00 bits per heavy atom. The van der Waals surface area contributed by atoms with E-state index in [1.807, 2.05) is 12.1 Å². The fourth-order valence-corrected chi connectivity index (χ4v) is 1.37. The van der Waals surface area contributed by atoms with Crippen LogP contribution in [0.25, 0.3) is 0 Å². The summed E-state index contributed by atoms with van der Waals surface area (Å²) >= 11 is 0. The number of aliphatic carboxylic acids is 2. The quantitative estimate of drug-likeness (QED) is 0.663. The molecule has 0 spiro atoms. The van der Waals surface area contributed by atoms with Crippen LogP contribution in [0.4, 0.5) is 0 Å². The zero-order valence-electron chi connectivity index (χ0n) is 12.6. The van der Waals surface area contributed by atoms with Crippen LogP contribution in [0, 0.1) is 0 Å². The Balaban J connectivity index is 0.000000433. The molecule has 0 radical (unpaired) electrons. The van der Waals surface area contributed by atoms with E-state index in [-0.39, 0.29) is 5.41 Å². The van der Waals surface area contributed by atoms with Crippen molar-refractivity contribution in [1.29, 1.82) is 0 Å². The predicted octanol–water partition coefficient (Wildman–Crippen LogP) is 1.59. The van der Waals surface area contributed by atoms with Crippen LogP contribution in [0.15, 0.2) is 24.3 Å². The van der Waals surface area contributed by atoms with Crippen LogP contribution in [0.2, 0.25) is 0 Å². The van der Waals surface area contributed by atoms with Gasteiger partial charge < -0.3 is 20.4 Å². The minimum Gasteiger partial charge on any atom is -0.481 e. The van der Waals surface area contributed by atoms with Crippen molar-refractivity contribution >= 4 is 17.9 Å². The molecule has 1 aromatic carbocycles. The molecule has 22 heavy (non-hydrogen) atoms. The van der Waals surface area contributed by atoms with Crippen LogP contribution in [-0.2, 0) is 15.0 Å². The molecular weight excluding hydrogens is 292 g/mol. The Morgan fingerprint density at radius 2 is 1.45 bits per heavy atom. The van der Waals surface area contributed by atoms with Crippen molar-refractivity contribution in [2.45, 2.75) is 38.7 Å². The fourth-order valence-electron chi connectivity index (χ4n) is 1.37. The summed E-state index contributed by atoms with van der Waals surface area (Å²) in [5.41, 5.74) is 1.57. The topological polar surface area (TPSA) is 132 Å². The molecule has 1 unspecified atom stereocenters. The summed E-state index contributed by atoms with van der Waals surface area (Å²) in [6.07, 6.45) is -2.54. The number of aromatic carboxylic acids is 1. The maximum Gasteiger partial charge on any atom is 0.335 e. The fraction of sp³-hybridized carbons (Fsp3) is 0.400. The van der Waals surface area contributed by atoms with Gasteiger partial charge in [0.1, 0.15) is 0 Å². The number of carboxylic acid groups (broad SMARTS) is 3. The largest absolute Gasteiger partial charge is 0.481 e. The molecule has 0 heterocycles. The van der Waals surface area contributed by atoms with Gasteiger partial charge in [-0.25, -0.2) is 9.59 Å². The Kier molecular flexibility index (Phi) is 7.24. The van der Waals surface area contributed by atoms with E-state index < -0.39 is 30.4 Å². The highest BCUT2D eigenvalue weighted by Crippen LogP contribution is 2.21. The van der Waals surface area contributed by atoms with Crippen molar-refractivity contribution in [2.24, 2.45) is 0 Å². The number of carboxylic acids is 3. The number of benzene rings is 1. The first-order chi connectivity index (χ1) is 9.95. The Bertz CT molecular complexity index is 526. The summed E-state index contributed by atoms with van der Waals surface area (Å²) < 4.78 is 0. The van der Waals surface area contributed by atoms with Crippen LogP contribution in [-0.4, -0.2) is 44.4 Å². The monoisotopic (exact) mass is 312 g/mol. The zero-order chi connectivity index (χ0) is 17.5. The van der Waals surface area contributed by atoms with E-state index >= 15 is 0 Å². The van der Waals surface area contributed by atoms with Crippen LogP contribution >= 0.6 is 0 Å². The molecule has 1 atom stereocenters. The molecule has 1 rings (SSSR count). The third-order valence-electron chi connectivity index (χ3n) is 2.65. The van der Waals surface area contributed by atoms with Gasteiger partial charge >= 0.3 is 17.9 Å². The van der Waals surface area contributed by atoms with Crippen molar-refractivity contribution < 1.29 is 34.8 Å². The van der Waals surface area contributed by atoms with Crippen molar-refractivity contribution in [3.05, 3.63) is 35.4 Å². The zero-order valence-corrected chi connectivity index (χ0v) is 12.6. The second-order valence-corrected chi connectivity index (χ2v) is 5.58. The highest BCUT2D eigenvalue weighted by atomic mass is 16.4. The van der Waals surface area contributed by atoms with E-state index in [1.54, 1.807) is 12.1 Å². The van der Waals surface area contributed by atoms with Gasteiger partial charge in [0.2, 0.25) is 0 Å². The first-order valence-electron chi connectivity index (χ1n) is 6.41. The second kappa shape index (κ2) is 8.14. The van der Waals surface area contributed by atoms with Crippen molar-refractivity contribution in [3.8, 4) is 0 Å². The summed E-state index contributed by atoms with van der Waals surface area (Å²) in [6.45, 7) is 6.30. The molecule has 0 fully saturated rings. The van der Waals surface area contributed by atoms with E-state index in [9.17, 15) is 14.4 Å². The lowest BCUT2D eigenvalue weighted by molar-refractivity contribution is -0.152. The molecule has 0 amide bonds. The smallest absolute Gasteiger partial charge is 0.335 e. The van der Waals surface area contributed by atoms with Gasteiger partial charge in [0.25, 0.3) is 0 Å². The van der Waals surface area contributed by atoms with Gasteiger partial charge in [-0.3, -0.25) is 4.79 Å². The lowest BCUT2D eigenvalue weighted by atomic mass is 9.87. The van der Waals surface area contributed by atoms with Gasteiger partial charge in [-0.05, 0) is 23.1 Å². The Morgan fingerprint density at radius 3 is 1.68 bits per heavy atom. The minimum absolute atomic E-state index is 0.0804. The van der Waals surface area contributed by atoms with Gasteiger partial charge in [-0.2, -0.15) is 0 Å². The maximum atomic E-state index is 10.6. The van der Waals surface area contributed by atoms with E-state index in [2.05, 4.69) is 20.8 Å². The molecule has 4 N–H and O–H groups in total. The van der Waals surface area contributed by atoms with Crippen molar-refractivity contribution in [3.63, 3.8) is 0 Å². The van der Waals surface area contributed by atoms with E-state index in [0.29, 0.717) is 5.56 Å². The molecular formula is C15H20O7. The first kappa shape index (κ1) is 19.6.